The third-order valence-electron chi connectivity index (χ3n) is 2.92. The molecule has 1 aromatic carbocycles. The first-order valence-corrected chi connectivity index (χ1v) is 7.37. The lowest BCUT2D eigenvalue weighted by atomic mass is 10.2. The third kappa shape index (κ3) is 5.44. The highest BCUT2D eigenvalue weighted by molar-refractivity contribution is 6.32. The number of halogens is 1. The minimum atomic E-state index is -0.434. The van der Waals surface area contributed by atoms with Crippen molar-refractivity contribution in [2.45, 2.75) is 26.2 Å². The Balaban J connectivity index is 2.69. The van der Waals surface area contributed by atoms with Crippen molar-refractivity contribution in [1.29, 1.82) is 0 Å². The average Bonchev–Trinajstić information content (AvgIpc) is 2.48. The third-order valence-corrected chi connectivity index (χ3v) is 3.22. The van der Waals surface area contributed by atoms with Crippen LogP contribution in [0.2, 0.25) is 5.02 Å². The molecule has 1 rings (SSSR count). The van der Waals surface area contributed by atoms with Crippen molar-refractivity contribution in [3.63, 3.8) is 0 Å². The first-order valence-electron chi connectivity index (χ1n) is 6.99. The minimum absolute atomic E-state index is 0.252. The molecule has 0 heterocycles. The molecular weight excluding hydrogens is 308 g/mol. The molecule has 0 atom stereocenters. The molecule has 1 aromatic rings. The summed E-state index contributed by atoms with van der Waals surface area (Å²) in [5, 5.41) is 5.68. The molecule has 22 heavy (non-hydrogen) atoms. The van der Waals surface area contributed by atoms with Gasteiger partial charge < -0.3 is 20.1 Å². The molecule has 2 amide bonds. The highest BCUT2D eigenvalue weighted by Gasteiger charge is 2.14. The van der Waals surface area contributed by atoms with Crippen molar-refractivity contribution < 1.29 is 19.1 Å². The van der Waals surface area contributed by atoms with E-state index in [1.54, 1.807) is 6.07 Å². The molecule has 0 aliphatic heterocycles. The number of ether oxygens (including phenoxy) is 2. The molecule has 122 valence electrons. The predicted molar refractivity (Wildman–Crippen MR) is 85.7 cm³/mol. The van der Waals surface area contributed by atoms with Crippen LogP contribution < -0.4 is 20.1 Å². The number of rotatable bonds is 8. The fourth-order valence-electron chi connectivity index (χ4n) is 1.77. The van der Waals surface area contributed by atoms with Gasteiger partial charge in [0, 0.05) is 18.7 Å². The number of anilines is 1. The van der Waals surface area contributed by atoms with E-state index in [0.29, 0.717) is 28.8 Å². The molecule has 0 spiro atoms. The molecule has 2 N–H and O–H groups in total. The van der Waals surface area contributed by atoms with Crippen molar-refractivity contribution in [1.82, 2.24) is 5.32 Å². The quantitative estimate of drug-likeness (QED) is 0.568. The molecule has 0 saturated heterocycles. The lowest BCUT2D eigenvalue weighted by Crippen LogP contribution is -2.28. The van der Waals surface area contributed by atoms with Crippen molar-refractivity contribution in [2.75, 3.05) is 26.1 Å². The molecular formula is C15H21ClN2O4. The average molecular weight is 329 g/mol. The first kappa shape index (κ1) is 18.1. The van der Waals surface area contributed by atoms with Gasteiger partial charge in [0.2, 0.25) is 11.8 Å². The van der Waals surface area contributed by atoms with E-state index in [2.05, 4.69) is 10.6 Å². The van der Waals surface area contributed by atoms with Gasteiger partial charge in [-0.15, -0.1) is 0 Å². The molecule has 0 saturated carbocycles. The second kappa shape index (κ2) is 9.15. The maximum Gasteiger partial charge on any atom is 0.233 e. The lowest BCUT2D eigenvalue weighted by molar-refractivity contribution is -0.126. The molecule has 6 nitrogen and oxygen atoms in total. The Bertz CT molecular complexity index is 535. The summed E-state index contributed by atoms with van der Waals surface area (Å²) in [6.07, 6.45) is 1.61. The number of carbonyl (C=O) groups excluding carboxylic acids is 2. The van der Waals surface area contributed by atoms with Crippen LogP contribution >= 0.6 is 11.6 Å². The Hall–Kier alpha value is -1.95. The van der Waals surface area contributed by atoms with Crippen LogP contribution in [-0.2, 0) is 9.59 Å². The summed E-state index contributed by atoms with van der Waals surface area (Å²) in [5.41, 5.74) is 0.398. The van der Waals surface area contributed by atoms with Crippen molar-refractivity contribution in [2.24, 2.45) is 0 Å². The summed E-state index contributed by atoms with van der Waals surface area (Å²) in [5.74, 6) is 0.0539. The molecule has 0 bridgehead atoms. The Labute approximate surface area is 135 Å². The van der Waals surface area contributed by atoms with Crippen LogP contribution in [0.4, 0.5) is 5.69 Å². The molecule has 0 unspecified atom stereocenters. The largest absolute Gasteiger partial charge is 0.495 e. The number of amides is 2. The standard InChI is InChI=1S/C15H21ClN2O4/c1-4-5-6-17-14(19)9-15(20)18-11-8-12(21-2)10(16)7-13(11)22-3/h7-8H,4-6,9H2,1-3H3,(H,17,19)(H,18,20). The lowest BCUT2D eigenvalue weighted by Gasteiger charge is -2.13. The summed E-state index contributed by atoms with van der Waals surface area (Å²) in [4.78, 5) is 23.5. The van der Waals surface area contributed by atoms with E-state index in [0.717, 1.165) is 12.8 Å². The maximum atomic E-state index is 11.9. The fraction of sp³-hybridized carbons (Fsp3) is 0.467. The van der Waals surface area contributed by atoms with Gasteiger partial charge in [-0.3, -0.25) is 9.59 Å². The summed E-state index contributed by atoms with van der Waals surface area (Å²) < 4.78 is 10.3. The van der Waals surface area contributed by atoms with Gasteiger partial charge >= 0.3 is 0 Å². The number of nitrogens with one attached hydrogen (secondary N) is 2. The molecule has 7 heteroatoms. The summed E-state index contributed by atoms with van der Waals surface area (Å²) in [6, 6.07) is 3.09. The Morgan fingerprint density at radius 2 is 1.82 bits per heavy atom. The normalized spacial score (nSPS) is 10.0. The van der Waals surface area contributed by atoms with Crippen molar-refractivity contribution in [3.8, 4) is 11.5 Å². The molecule has 0 aliphatic carbocycles. The monoisotopic (exact) mass is 328 g/mol. The molecule has 0 aliphatic rings. The van der Waals surface area contributed by atoms with Crippen LogP contribution in [0.25, 0.3) is 0 Å². The summed E-state index contributed by atoms with van der Waals surface area (Å²) >= 11 is 5.99. The van der Waals surface area contributed by atoms with E-state index < -0.39 is 5.91 Å². The van der Waals surface area contributed by atoms with Crippen LogP contribution in [0.3, 0.4) is 0 Å². The smallest absolute Gasteiger partial charge is 0.233 e. The van der Waals surface area contributed by atoms with E-state index in [-0.39, 0.29) is 12.3 Å². The second-order valence-corrected chi connectivity index (χ2v) is 5.02. The van der Waals surface area contributed by atoms with E-state index >= 15 is 0 Å². The number of hydrogen-bond acceptors (Lipinski definition) is 4. The van der Waals surface area contributed by atoms with E-state index in [1.807, 2.05) is 6.92 Å². The van der Waals surface area contributed by atoms with Crippen LogP contribution in [0.15, 0.2) is 12.1 Å². The number of unbranched alkanes of at least 4 members (excludes halogenated alkanes) is 1. The van der Waals surface area contributed by atoms with Crippen LogP contribution in [0.5, 0.6) is 11.5 Å². The zero-order valence-corrected chi connectivity index (χ0v) is 13.8. The van der Waals surface area contributed by atoms with Gasteiger partial charge in [-0.25, -0.2) is 0 Å². The number of carbonyl (C=O) groups is 2. The number of hydrogen-bond donors (Lipinski definition) is 2. The Kier molecular flexibility index (Phi) is 7.52. The zero-order chi connectivity index (χ0) is 16.5. The van der Waals surface area contributed by atoms with Gasteiger partial charge in [-0.2, -0.15) is 0 Å². The van der Waals surface area contributed by atoms with Gasteiger partial charge in [0.1, 0.15) is 17.9 Å². The topological polar surface area (TPSA) is 76.7 Å². The zero-order valence-electron chi connectivity index (χ0n) is 13.0. The van der Waals surface area contributed by atoms with Gasteiger partial charge in [0.15, 0.2) is 0 Å². The molecule has 0 radical (unpaired) electrons. The van der Waals surface area contributed by atoms with E-state index in [9.17, 15) is 9.59 Å². The highest BCUT2D eigenvalue weighted by Crippen LogP contribution is 2.35. The second-order valence-electron chi connectivity index (χ2n) is 4.62. The summed E-state index contributed by atoms with van der Waals surface area (Å²) in [6.45, 7) is 2.60. The highest BCUT2D eigenvalue weighted by atomic mass is 35.5. The fourth-order valence-corrected chi connectivity index (χ4v) is 2.00. The van der Waals surface area contributed by atoms with Crippen LogP contribution in [0.1, 0.15) is 26.2 Å². The summed E-state index contributed by atoms with van der Waals surface area (Å²) in [7, 11) is 2.94. The van der Waals surface area contributed by atoms with Crippen molar-refractivity contribution >= 4 is 29.1 Å². The SMILES string of the molecule is CCCCNC(=O)CC(=O)Nc1cc(OC)c(Cl)cc1OC. The van der Waals surface area contributed by atoms with Crippen LogP contribution in [-0.4, -0.2) is 32.6 Å². The number of methoxy groups -OCH3 is 2. The molecule has 0 fully saturated rings. The van der Waals surface area contributed by atoms with Gasteiger partial charge in [-0.05, 0) is 6.42 Å². The maximum absolute atomic E-state index is 11.9. The van der Waals surface area contributed by atoms with Gasteiger partial charge in [0.25, 0.3) is 0 Å². The predicted octanol–water partition coefficient (Wildman–Crippen LogP) is 2.60. The first-order chi connectivity index (χ1) is 10.5. The minimum Gasteiger partial charge on any atom is -0.495 e. The Morgan fingerprint density at radius 3 is 2.41 bits per heavy atom. The van der Waals surface area contributed by atoms with Gasteiger partial charge in [0.05, 0.1) is 24.9 Å². The van der Waals surface area contributed by atoms with E-state index in [4.69, 9.17) is 21.1 Å². The van der Waals surface area contributed by atoms with Crippen LogP contribution in [0, 0.1) is 0 Å². The van der Waals surface area contributed by atoms with E-state index in [1.165, 1.54) is 20.3 Å². The molecule has 0 aromatic heterocycles. The van der Waals surface area contributed by atoms with Crippen molar-refractivity contribution in [3.05, 3.63) is 17.2 Å². The Morgan fingerprint density at radius 1 is 1.14 bits per heavy atom. The number of benzene rings is 1. The van der Waals surface area contributed by atoms with Gasteiger partial charge in [-0.1, -0.05) is 24.9 Å².